The molecule has 5 nitrogen and oxygen atoms in total. The number of nitrogens with zero attached hydrogens (tertiary/aromatic N) is 3. The van der Waals surface area contributed by atoms with Crippen LogP contribution in [0.1, 0.15) is 36.7 Å². The van der Waals surface area contributed by atoms with E-state index in [1.165, 1.54) is 0 Å². The molecule has 0 aliphatic carbocycles. The second kappa shape index (κ2) is 4.80. The summed E-state index contributed by atoms with van der Waals surface area (Å²) in [5.41, 5.74) is 2.23. The topological polar surface area (TPSA) is 64.8 Å². The Morgan fingerprint density at radius 1 is 1.19 bits per heavy atom. The fourth-order valence-corrected chi connectivity index (χ4v) is 3.49. The Balaban J connectivity index is 2.30. The first-order chi connectivity index (χ1) is 9.89. The highest BCUT2D eigenvalue weighted by molar-refractivity contribution is 7.90. The van der Waals surface area contributed by atoms with Gasteiger partial charge in [0.2, 0.25) is 9.84 Å². The molecular formula is C15H17N3O2S. The van der Waals surface area contributed by atoms with Gasteiger partial charge in [0, 0.05) is 18.4 Å². The second-order valence-corrected chi connectivity index (χ2v) is 7.56. The highest BCUT2D eigenvalue weighted by atomic mass is 32.2. The van der Waals surface area contributed by atoms with Gasteiger partial charge in [-0.25, -0.2) is 8.42 Å². The van der Waals surface area contributed by atoms with Crippen LogP contribution in [-0.2, 0) is 9.84 Å². The third-order valence-corrected chi connectivity index (χ3v) is 4.64. The molecule has 3 rings (SSSR count). The zero-order valence-corrected chi connectivity index (χ0v) is 13.0. The Morgan fingerprint density at radius 3 is 2.57 bits per heavy atom. The summed E-state index contributed by atoms with van der Waals surface area (Å²) in [6.45, 7) is 4.21. The number of rotatable bonds is 2. The van der Waals surface area contributed by atoms with Crippen LogP contribution in [0.15, 0.2) is 29.4 Å². The van der Waals surface area contributed by atoms with Crippen molar-refractivity contribution in [1.82, 2.24) is 14.8 Å². The molecule has 0 radical (unpaired) electrons. The molecule has 1 aliphatic heterocycles. The van der Waals surface area contributed by atoms with E-state index in [0.717, 1.165) is 17.4 Å². The van der Waals surface area contributed by atoms with Gasteiger partial charge in [0.1, 0.15) is 5.82 Å². The van der Waals surface area contributed by atoms with Crippen molar-refractivity contribution < 1.29 is 8.42 Å². The molecule has 6 heteroatoms. The Hall–Kier alpha value is -1.95. The van der Waals surface area contributed by atoms with Crippen molar-refractivity contribution in [2.75, 3.05) is 6.26 Å². The van der Waals surface area contributed by atoms with E-state index in [1.54, 1.807) is 10.8 Å². The third kappa shape index (κ3) is 2.29. The van der Waals surface area contributed by atoms with Crippen LogP contribution in [0.5, 0.6) is 0 Å². The number of hydrogen-bond acceptors (Lipinski definition) is 4. The zero-order chi connectivity index (χ0) is 15.2. The molecule has 0 saturated heterocycles. The predicted octanol–water partition coefficient (Wildman–Crippen LogP) is 2.41. The zero-order valence-electron chi connectivity index (χ0n) is 12.2. The van der Waals surface area contributed by atoms with E-state index in [0.29, 0.717) is 5.82 Å². The van der Waals surface area contributed by atoms with Crippen LogP contribution < -0.4 is 0 Å². The Bertz CT molecular complexity index is 819. The maximum absolute atomic E-state index is 11.9. The van der Waals surface area contributed by atoms with Gasteiger partial charge >= 0.3 is 0 Å². The highest BCUT2D eigenvalue weighted by Gasteiger charge is 2.30. The Kier molecular flexibility index (Phi) is 3.20. The van der Waals surface area contributed by atoms with Crippen molar-refractivity contribution in [3.05, 3.63) is 41.2 Å². The summed E-state index contributed by atoms with van der Waals surface area (Å²) >= 11 is 0. The van der Waals surface area contributed by atoms with Crippen LogP contribution in [-0.4, -0.2) is 29.4 Å². The molecule has 1 aromatic heterocycles. The molecule has 0 amide bonds. The van der Waals surface area contributed by atoms with Crippen molar-refractivity contribution in [3.8, 4) is 0 Å². The third-order valence-electron chi connectivity index (χ3n) is 3.70. The summed E-state index contributed by atoms with van der Waals surface area (Å²) in [6, 6.07) is 8.06. The van der Waals surface area contributed by atoms with Crippen LogP contribution in [0.25, 0.3) is 12.3 Å². The number of fused-ring (bicyclic) bond motifs is 2. The maximum atomic E-state index is 11.9. The number of hydrogen-bond donors (Lipinski definition) is 0. The molecule has 1 aliphatic rings. The second-order valence-electron chi connectivity index (χ2n) is 5.65. The van der Waals surface area contributed by atoms with Gasteiger partial charge < -0.3 is 0 Å². The standard InChI is InChI=1S/C15H17N3O2S/c1-10(2)13-12-7-5-4-6-11(12)8-9-18-14(13)16-17-15(18)21(3,19)20/h4-10,13H,1-3H3. The lowest BCUT2D eigenvalue weighted by Crippen LogP contribution is -2.14. The summed E-state index contributed by atoms with van der Waals surface area (Å²) in [6.07, 6.45) is 4.81. The van der Waals surface area contributed by atoms with Gasteiger partial charge in [0.05, 0.1) is 0 Å². The van der Waals surface area contributed by atoms with Gasteiger partial charge in [-0.05, 0) is 23.1 Å². The molecule has 1 unspecified atom stereocenters. The Morgan fingerprint density at radius 2 is 1.90 bits per heavy atom. The lowest BCUT2D eigenvalue weighted by atomic mass is 9.85. The summed E-state index contributed by atoms with van der Waals surface area (Å²) in [4.78, 5) is 0. The molecule has 2 aromatic rings. The van der Waals surface area contributed by atoms with Gasteiger partial charge in [0.15, 0.2) is 0 Å². The molecule has 1 atom stereocenters. The van der Waals surface area contributed by atoms with Crippen molar-refractivity contribution in [2.45, 2.75) is 24.9 Å². The highest BCUT2D eigenvalue weighted by Crippen LogP contribution is 2.36. The van der Waals surface area contributed by atoms with Crippen LogP contribution in [0.2, 0.25) is 0 Å². The van der Waals surface area contributed by atoms with E-state index in [1.807, 2.05) is 24.3 Å². The lowest BCUT2D eigenvalue weighted by Gasteiger charge is -2.20. The minimum atomic E-state index is -3.42. The van der Waals surface area contributed by atoms with Gasteiger partial charge in [-0.3, -0.25) is 4.57 Å². The van der Waals surface area contributed by atoms with E-state index in [2.05, 4.69) is 30.1 Å². The van der Waals surface area contributed by atoms with Gasteiger partial charge in [-0.2, -0.15) is 0 Å². The molecule has 0 N–H and O–H groups in total. The van der Waals surface area contributed by atoms with E-state index < -0.39 is 9.84 Å². The smallest absolute Gasteiger partial charge is 0.253 e. The van der Waals surface area contributed by atoms with Crippen molar-refractivity contribution in [2.24, 2.45) is 5.92 Å². The molecule has 1 aromatic carbocycles. The van der Waals surface area contributed by atoms with E-state index >= 15 is 0 Å². The summed E-state index contributed by atoms with van der Waals surface area (Å²) in [5.74, 6) is 0.965. The lowest BCUT2D eigenvalue weighted by molar-refractivity contribution is 0.531. The minimum Gasteiger partial charge on any atom is -0.276 e. The first-order valence-corrected chi connectivity index (χ1v) is 8.70. The maximum Gasteiger partial charge on any atom is 0.253 e. The monoisotopic (exact) mass is 303 g/mol. The fourth-order valence-electron chi connectivity index (χ4n) is 2.79. The summed E-state index contributed by atoms with van der Waals surface area (Å²) in [7, 11) is -3.42. The molecule has 110 valence electrons. The van der Waals surface area contributed by atoms with Crippen LogP contribution in [0.4, 0.5) is 0 Å². The molecule has 0 saturated carbocycles. The van der Waals surface area contributed by atoms with Crippen molar-refractivity contribution in [1.29, 1.82) is 0 Å². The molecule has 0 bridgehead atoms. The predicted molar refractivity (Wildman–Crippen MR) is 81.5 cm³/mol. The largest absolute Gasteiger partial charge is 0.276 e. The summed E-state index contributed by atoms with van der Waals surface area (Å²) < 4.78 is 25.3. The van der Waals surface area contributed by atoms with Gasteiger partial charge in [-0.1, -0.05) is 38.1 Å². The molecule has 2 heterocycles. The normalized spacial score (nSPS) is 17.4. The van der Waals surface area contributed by atoms with Crippen LogP contribution in [0.3, 0.4) is 0 Å². The first-order valence-electron chi connectivity index (χ1n) is 6.81. The van der Waals surface area contributed by atoms with Crippen molar-refractivity contribution >= 4 is 22.1 Å². The number of aromatic nitrogens is 3. The van der Waals surface area contributed by atoms with Crippen molar-refractivity contribution in [3.63, 3.8) is 0 Å². The molecule has 0 spiro atoms. The quantitative estimate of drug-likeness (QED) is 0.854. The SMILES string of the molecule is CC(C)C1c2ccccc2C=Cn2c1nnc2S(C)(=O)=O. The van der Waals surface area contributed by atoms with E-state index in [-0.39, 0.29) is 17.0 Å². The number of sulfone groups is 1. The fraction of sp³-hybridized carbons (Fsp3) is 0.333. The van der Waals surface area contributed by atoms with E-state index in [4.69, 9.17) is 0 Å². The average Bonchev–Trinajstić information content (AvgIpc) is 2.74. The van der Waals surface area contributed by atoms with Crippen LogP contribution >= 0.6 is 0 Å². The van der Waals surface area contributed by atoms with E-state index in [9.17, 15) is 8.42 Å². The Labute approximate surface area is 124 Å². The number of benzene rings is 1. The minimum absolute atomic E-state index is 0.00722. The van der Waals surface area contributed by atoms with Gasteiger partial charge in [-0.15, -0.1) is 10.2 Å². The molecule has 21 heavy (non-hydrogen) atoms. The molecule has 0 fully saturated rings. The average molecular weight is 303 g/mol. The van der Waals surface area contributed by atoms with Crippen LogP contribution in [0, 0.1) is 5.92 Å². The first kappa shape index (κ1) is 14.0. The van der Waals surface area contributed by atoms with Gasteiger partial charge in [0.25, 0.3) is 5.16 Å². The molecular weight excluding hydrogens is 286 g/mol. The summed E-state index contributed by atoms with van der Waals surface area (Å²) in [5, 5.41) is 8.05.